The summed E-state index contributed by atoms with van der Waals surface area (Å²) in [4.78, 5) is 17.2. The highest BCUT2D eigenvalue weighted by molar-refractivity contribution is 5.88. The molecule has 2 aliphatic rings. The summed E-state index contributed by atoms with van der Waals surface area (Å²) in [6.07, 6.45) is 2.52. The molecule has 5 rings (SSSR count). The Kier molecular flexibility index (Phi) is 4.51. The number of phenols is 1. The first kappa shape index (κ1) is 18.7. The molecule has 2 saturated heterocycles. The maximum atomic E-state index is 15.4. The van der Waals surface area contributed by atoms with E-state index in [1.165, 1.54) is 6.08 Å². The number of aromatic nitrogens is 3. The fourth-order valence-electron chi connectivity index (χ4n) is 4.70. The standard InChI is InChI=1S/C22H21FN4O3/c1-2-19(29)27-13-7-12(8-14(27)11-30-10-13)21-20(23)16-9-17(25-26-22(16)24-21)15-5-3-4-6-18(15)28/h2-6,9,12-14,28H,1,7-8,10-11H2,(H,24,26). The highest BCUT2D eigenvalue weighted by Gasteiger charge is 2.42. The van der Waals surface area contributed by atoms with Crippen LogP contribution in [0.25, 0.3) is 22.3 Å². The number of carbonyl (C=O) groups excluding carboxylic acids is 1. The van der Waals surface area contributed by atoms with Crippen LogP contribution in [0.1, 0.15) is 24.5 Å². The maximum absolute atomic E-state index is 15.4. The van der Waals surface area contributed by atoms with Crippen molar-refractivity contribution in [3.63, 3.8) is 0 Å². The van der Waals surface area contributed by atoms with Crippen molar-refractivity contribution >= 4 is 16.9 Å². The lowest BCUT2D eigenvalue weighted by atomic mass is 9.82. The van der Waals surface area contributed by atoms with Crippen molar-refractivity contribution in [2.75, 3.05) is 13.2 Å². The van der Waals surface area contributed by atoms with Gasteiger partial charge in [-0.05, 0) is 37.1 Å². The van der Waals surface area contributed by atoms with Gasteiger partial charge in [-0.15, -0.1) is 10.2 Å². The second-order valence-electron chi connectivity index (χ2n) is 7.82. The van der Waals surface area contributed by atoms with Crippen molar-refractivity contribution in [2.24, 2.45) is 0 Å². The van der Waals surface area contributed by atoms with E-state index in [2.05, 4.69) is 21.8 Å². The smallest absolute Gasteiger partial charge is 0.246 e. The van der Waals surface area contributed by atoms with Crippen LogP contribution in [-0.4, -0.2) is 56.4 Å². The zero-order valence-corrected chi connectivity index (χ0v) is 16.2. The number of benzene rings is 1. The van der Waals surface area contributed by atoms with Crippen LogP contribution in [0.5, 0.6) is 5.75 Å². The van der Waals surface area contributed by atoms with Crippen molar-refractivity contribution in [1.82, 2.24) is 20.1 Å². The van der Waals surface area contributed by atoms with Gasteiger partial charge in [-0.3, -0.25) is 4.79 Å². The van der Waals surface area contributed by atoms with Crippen LogP contribution in [0, 0.1) is 5.82 Å². The van der Waals surface area contributed by atoms with Crippen molar-refractivity contribution in [2.45, 2.75) is 30.8 Å². The summed E-state index contributed by atoms with van der Waals surface area (Å²) in [5.41, 5.74) is 1.75. The molecule has 0 aliphatic carbocycles. The van der Waals surface area contributed by atoms with Gasteiger partial charge < -0.3 is 19.7 Å². The SMILES string of the molecule is C=CC(=O)N1C2COCC1CC(c1[nH]c3nnc(-c4ccccc4O)cc3c1F)C2. The maximum Gasteiger partial charge on any atom is 0.246 e. The molecule has 2 aliphatic heterocycles. The summed E-state index contributed by atoms with van der Waals surface area (Å²) >= 11 is 0. The van der Waals surface area contributed by atoms with Crippen LogP contribution in [0.2, 0.25) is 0 Å². The van der Waals surface area contributed by atoms with Gasteiger partial charge in [0.2, 0.25) is 5.91 Å². The number of hydrogen-bond acceptors (Lipinski definition) is 5. The number of nitrogens with zero attached hydrogens (tertiary/aromatic N) is 3. The summed E-state index contributed by atoms with van der Waals surface area (Å²) in [5, 5.41) is 18.7. The Labute approximate surface area is 172 Å². The Bertz CT molecular complexity index is 1130. The minimum Gasteiger partial charge on any atom is -0.507 e. The monoisotopic (exact) mass is 408 g/mol. The van der Waals surface area contributed by atoms with Crippen LogP contribution >= 0.6 is 0 Å². The largest absolute Gasteiger partial charge is 0.507 e. The topological polar surface area (TPSA) is 91.3 Å². The second kappa shape index (κ2) is 7.21. The van der Waals surface area contributed by atoms with Crippen LogP contribution in [0.15, 0.2) is 43.0 Å². The second-order valence-corrected chi connectivity index (χ2v) is 7.82. The van der Waals surface area contributed by atoms with Crippen LogP contribution in [0.4, 0.5) is 4.39 Å². The van der Waals surface area contributed by atoms with Crippen LogP contribution < -0.4 is 0 Å². The first-order valence-electron chi connectivity index (χ1n) is 9.92. The molecule has 2 aromatic heterocycles. The number of H-pyrrole nitrogens is 1. The number of carbonyl (C=O) groups is 1. The predicted octanol–water partition coefficient (Wildman–Crippen LogP) is 3.13. The molecule has 7 nitrogen and oxygen atoms in total. The third-order valence-electron chi connectivity index (χ3n) is 6.06. The Morgan fingerprint density at radius 2 is 2.00 bits per heavy atom. The first-order valence-corrected chi connectivity index (χ1v) is 9.92. The third-order valence-corrected chi connectivity index (χ3v) is 6.06. The summed E-state index contributed by atoms with van der Waals surface area (Å²) in [7, 11) is 0. The average molecular weight is 408 g/mol. The minimum absolute atomic E-state index is 0.0643. The number of aromatic amines is 1. The zero-order valence-electron chi connectivity index (χ0n) is 16.2. The third kappa shape index (κ3) is 2.95. The number of halogens is 1. The van der Waals surface area contributed by atoms with Crippen molar-refractivity contribution in [3.05, 3.63) is 54.5 Å². The number of ether oxygens (including phenoxy) is 1. The van der Waals surface area contributed by atoms with Crippen molar-refractivity contribution in [1.29, 1.82) is 0 Å². The van der Waals surface area contributed by atoms with Crippen molar-refractivity contribution in [3.8, 4) is 17.0 Å². The summed E-state index contributed by atoms with van der Waals surface area (Å²) in [6, 6.07) is 8.14. The Morgan fingerprint density at radius 1 is 1.27 bits per heavy atom. The fourth-order valence-corrected chi connectivity index (χ4v) is 4.70. The number of para-hydroxylation sites is 1. The number of morpholine rings is 1. The molecule has 2 bridgehead atoms. The lowest BCUT2D eigenvalue weighted by Gasteiger charge is -2.48. The van der Waals surface area contributed by atoms with Gasteiger partial charge in [0.25, 0.3) is 0 Å². The minimum atomic E-state index is -0.357. The number of hydrogen-bond donors (Lipinski definition) is 2. The van der Waals surface area contributed by atoms with Crippen LogP contribution in [0.3, 0.4) is 0 Å². The van der Waals surface area contributed by atoms with Gasteiger partial charge >= 0.3 is 0 Å². The van der Waals surface area contributed by atoms with E-state index in [0.717, 1.165) is 0 Å². The summed E-state index contributed by atoms with van der Waals surface area (Å²) in [5.74, 6) is -0.485. The molecule has 2 atom stereocenters. The van der Waals surface area contributed by atoms with Gasteiger partial charge in [0.05, 0.1) is 42.1 Å². The van der Waals surface area contributed by atoms with E-state index in [0.29, 0.717) is 54.0 Å². The molecule has 1 aromatic carbocycles. The number of fused-ring (bicyclic) bond motifs is 3. The molecule has 2 fully saturated rings. The molecule has 1 amide bonds. The number of piperidine rings is 1. The van der Waals surface area contributed by atoms with Gasteiger partial charge in [0.15, 0.2) is 11.5 Å². The molecule has 0 spiro atoms. The molecule has 154 valence electrons. The molecule has 8 heteroatoms. The normalized spacial score (nSPS) is 23.5. The number of rotatable bonds is 3. The molecule has 2 unspecified atom stereocenters. The number of amides is 1. The zero-order chi connectivity index (χ0) is 20.8. The molecule has 0 saturated carbocycles. The Morgan fingerprint density at radius 3 is 2.70 bits per heavy atom. The number of phenolic OH excluding ortho intramolecular Hbond substituents is 1. The highest BCUT2D eigenvalue weighted by atomic mass is 19.1. The molecule has 2 N–H and O–H groups in total. The lowest BCUT2D eigenvalue weighted by Crippen LogP contribution is -2.58. The van der Waals surface area contributed by atoms with Gasteiger partial charge in [0, 0.05) is 11.5 Å². The fraction of sp³-hybridized carbons (Fsp3) is 0.318. The first-order chi connectivity index (χ1) is 14.6. The van der Waals surface area contributed by atoms with E-state index in [4.69, 9.17) is 4.74 Å². The van der Waals surface area contributed by atoms with E-state index in [9.17, 15) is 9.90 Å². The molecule has 0 radical (unpaired) electrons. The van der Waals surface area contributed by atoms with E-state index < -0.39 is 0 Å². The number of nitrogens with one attached hydrogen (secondary N) is 1. The quantitative estimate of drug-likeness (QED) is 0.650. The number of aromatic hydroxyl groups is 1. The van der Waals surface area contributed by atoms with E-state index in [-0.39, 0.29) is 35.5 Å². The average Bonchev–Trinajstić information content (AvgIpc) is 3.08. The summed E-state index contributed by atoms with van der Waals surface area (Å²) < 4.78 is 21.1. The lowest BCUT2D eigenvalue weighted by molar-refractivity contribution is -0.146. The van der Waals surface area contributed by atoms with E-state index in [1.54, 1.807) is 30.3 Å². The molecule has 30 heavy (non-hydrogen) atoms. The molecule has 4 heterocycles. The van der Waals surface area contributed by atoms with Gasteiger partial charge in [0.1, 0.15) is 5.75 Å². The van der Waals surface area contributed by atoms with Crippen LogP contribution in [-0.2, 0) is 9.53 Å². The molecular formula is C22H21FN4O3. The van der Waals surface area contributed by atoms with E-state index in [1.807, 2.05) is 4.90 Å². The predicted molar refractivity (Wildman–Crippen MR) is 108 cm³/mol. The highest BCUT2D eigenvalue weighted by Crippen LogP contribution is 2.40. The van der Waals surface area contributed by atoms with Gasteiger partial charge in [-0.25, -0.2) is 4.39 Å². The van der Waals surface area contributed by atoms with Gasteiger partial charge in [-0.1, -0.05) is 18.7 Å². The van der Waals surface area contributed by atoms with Crippen molar-refractivity contribution < 1.29 is 19.0 Å². The summed E-state index contributed by atoms with van der Waals surface area (Å²) in [6.45, 7) is 4.46. The van der Waals surface area contributed by atoms with Gasteiger partial charge in [-0.2, -0.15) is 0 Å². The molecule has 3 aromatic rings. The Balaban J connectivity index is 1.50. The Hall–Kier alpha value is -3.26. The molecular weight excluding hydrogens is 387 g/mol. The van der Waals surface area contributed by atoms with E-state index >= 15 is 4.39 Å².